The van der Waals surface area contributed by atoms with Crippen molar-refractivity contribution < 1.29 is 4.39 Å². The van der Waals surface area contributed by atoms with Gasteiger partial charge in [-0.15, -0.1) is 0 Å². The molecule has 2 atom stereocenters. The van der Waals surface area contributed by atoms with Crippen LogP contribution in [-0.4, -0.2) is 6.54 Å². The first-order valence-corrected chi connectivity index (χ1v) is 5.88. The number of hydrogen-bond donors (Lipinski definition) is 1. The number of nitrogens with one attached hydrogen (secondary N) is 1. The molecule has 2 aliphatic rings. The van der Waals surface area contributed by atoms with Gasteiger partial charge in [-0.25, -0.2) is 4.39 Å². The topological polar surface area (TPSA) is 12.0 Å². The first-order valence-electron chi connectivity index (χ1n) is 5.88. The third-order valence-corrected chi connectivity index (χ3v) is 3.88. The fraction of sp³-hybridized carbons (Fsp3) is 0.538. The number of anilines is 1. The maximum Gasteiger partial charge on any atom is 0.123 e. The van der Waals surface area contributed by atoms with Gasteiger partial charge in [-0.3, -0.25) is 0 Å². The summed E-state index contributed by atoms with van der Waals surface area (Å²) in [6.45, 7) is 1.07. The van der Waals surface area contributed by atoms with Crippen LogP contribution in [0.4, 0.5) is 10.1 Å². The molecular weight excluding hydrogens is 189 g/mol. The Kier molecular flexibility index (Phi) is 2.15. The van der Waals surface area contributed by atoms with E-state index in [-0.39, 0.29) is 5.82 Å². The van der Waals surface area contributed by atoms with Crippen molar-refractivity contribution in [3.8, 4) is 0 Å². The largest absolute Gasteiger partial charge is 0.385 e. The minimum atomic E-state index is -0.0956. The molecule has 1 aliphatic heterocycles. The summed E-state index contributed by atoms with van der Waals surface area (Å²) in [5.41, 5.74) is 2.37. The third-order valence-electron chi connectivity index (χ3n) is 3.88. The van der Waals surface area contributed by atoms with Crippen LogP contribution in [0.3, 0.4) is 0 Å². The minimum absolute atomic E-state index is 0.0956. The molecular formula is C13H16FN. The van der Waals surface area contributed by atoms with Crippen LogP contribution in [-0.2, 0) is 0 Å². The molecule has 15 heavy (non-hydrogen) atoms. The number of rotatable bonds is 0. The highest BCUT2D eigenvalue weighted by Crippen LogP contribution is 2.43. The van der Waals surface area contributed by atoms with E-state index in [0.29, 0.717) is 5.92 Å². The zero-order valence-corrected chi connectivity index (χ0v) is 8.80. The molecule has 1 aromatic carbocycles. The molecule has 1 aromatic rings. The van der Waals surface area contributed by atoms with E-state index in [1.165, 1.54) is 31.2 Å². The van der Waals surface area contributed by atoms with Crippen LogP contribution in [0.1, 0.15) is 37.2 Å². The average molecular weight is 205 g/mol. The molecule has 2 unspecified atom stereocenters. The van der Waals surface area contributed by atoms with Gasteiger partial charge >= 0.3 is 0 Å². The van der Waals surface area contributed by atoms with E-state index >= 15 is 0 Å². The van der Waals surface area contributed by atoms with Crippen molar-refractivity contribution in [2.24, 2.45) is 5.92 Å². The van der Waals surface area contributed by atoms with Crippen molar-refractivity contribution in [1.82, 2.24) is 0 Å². The molecule has 0 spiro atoms. The summed E-state index contributed by atoms with van der Waals surface area (Å²) >= 11 is 0. The van der Waals surface area contributed by atoms with Crippen LogP contribution in [0.2, 0.25) is 0 Å². The van der Waals surface area contributed by atoms with Crippen molar-refractivity contribution in [3.63, 3.8) is 0 Å². The summed E-state index contributed by atoms with van der Waals surface area (Å²) in [6, 6.07) is 5.16. The van der Waals surface area contributed by atoms with E-state index in [2.05, 4.69) is 5.32 Å². The van der Waals surface area contributed by atoms with Gasteiger partial charge in [-0.2, -0.15) is 0 Å². The lowest BCUT2D eigenvalue weighted by Crippen LogP contribution is -2.30. The fourth-order valence-corrected chi connectivity index (χ4v) is 3.10. The Bertz CT molecular complexity index is 375. The molecule has 3 rings (SSSR count). The fourth-order valence-electron chi connectivity index (χ4n) is 3.10. The molecule has 0 bridgehead atoms. The highest BCUT2D eigenvalue weighted by Gasteiger charge is 2.31. The van der Waals surface area contributed by atoms with Crippen molar-refractivity contribution in [1.29, 1.82) is 0 Å². The summed E-state index contributed by atoms with van der Waals surface area (Å²) in [4.78, 5) is 0. The van der Waals surface area contributed by atoms with Gasteiger partial charge in [0, 0.05) is 12.2 Å². The molecule has 0 aromatic heterocycles. The van der Waals surface area contributed by atoms with Crippen LogP contribution < -0.4 is 5.32 Å². The number of fused-ring (bicyclic) bond motifs is 3. The Balaban J connectivity index is 2.01. The average Bonchev–Trinajstić information content (AvgIpc) is 2.29. The first kappa shape index (κ1) is 9.20. The zero-order chi connectivity index (χ0) is 10.3. The predicted octanol–water partition coefficient (Wildman–Crippen LogP) is 3.53. The predicted molar refractivity (Wildman–Crippen MR) is 59.6 cm³/mol. The maximum absolute atomic E-state index is 13.2. The smallest absolute Gasteiger partial charge is 0.123 e. The first-order chi connectivity index (χ1) is 7.34. The summed E-state index contributed by atoms with van der Waals surface area (Å²) in [7, 11) is 0. The summed E-state index contributed by atoms with van der Waals surface area (Å²) in [5, 5.41) is 3.42. The van der Waals surface area contributed by atoms with E-state index in [1.807, 2.05) is 6.07 Å². The molecule has 1 aliphatic carbocycles. The molecule has 0 amide bonds. The second kappa shape index (κ2) is 3.51. The summed E-state index contributed by atoms with van der Waals surface area (Å²) in [5.74, 6) is 1.24. The number of hydrogen-bond acceptors (Lipinski definition) is 1. The molecule has 1 nitrogen and oxygen atoms in total. The van der Waals surface area contributed by atoms with Crippen LogP contribution in [0.5, 0.6) is 0 Å². The monoisotopic (exact) mass is 205 g/mol. The molecule has 80 valence electrons. The van der Waals surface area contributed by atoms with Gasteiger partial charge in [-0.1, -0.05) is 12.8 Å². The molecule has 0 radical (unpaired) electrons. The van der Waals surface area contributed by atoms with Crippen LogP contribution in [0.25, 0.3) is 0 Å². The Morgan fingerprint density at radius 2 is 2.07 bits per heavy atom. The van der Waals surface area contributed by atoms with Gasteiger partial charge in [0.2, 0.25) is 0 Å². The minimum Gasteiger partial charge on any atom is -0.385 e. The molecule has 1 heterocycles. The quantitative estimate of drug-likeness (QED) is 0.683. The highest BCUT2D eigenvalue weighted by molar-refractivity contribution is 5.55. The lowest BCUT2D eigenvalue weighted by atomic mass is 9.73. The van der Waals surface area contributed by atoms with Crippen LogP contribution in [0, 0.1) is 11.7 Å². The van der Waals surface area contributed by atoms with Crippen molar-refractivity contribution in [2.45, 2.75) is 31.6 Å². The molecule has 2 heteroatoms. The van der Waals surface area contributed by atoms with Crippen LogP contribution in [0.15, 0.2) is 18.2 Å². The standard InChI is InChI=1S/C13H16FN/c14-10-5-6-13-12(7-10)11-4-2-1-3-9(11)8-15-13/h5-7,9,11,15H,1-4,8H2. The van der Waals surface area contributed by atoms with E-state index in [4.69, 9.17) is 0 Å². The third kappa shape index (κ3) is 1.52. The second-order valence-electron chi connectivity index (χ2n) is 4.76. The van der Waals surface area contributed by atoms with E-state index in [1.54, 1.807) is 12.1 Å². The maximum atomic E-state index is 13.2. The molecule has 1 fully saturated rings. The Morgan fingerprint density at radius 3 is 3.00 bits per heavy atom. The second-order valence-corrected chi connectivity index (χ2v) is 4.76. The van der Waals surface area contributed by atoms with E-state index < -0.39 is 0 Å². The van der Waals surface area contributed by atoms with Gasteiger partial charge < -0.3 is 5.32 Å². The van der Waals surface area contributed by atoms with E-state index in [0.717, 1.165) is 18.2 Å². The van der Waals surface area contributed by atoms with Crippen molar-refractivity contribution >= 4 is 5.69 Å². The molecule has 1 N–H and O–H groups in total. The lowest BCUT2D eigenvalue weighted by molar-refractivity contribution is 0.312. The number of benzene rings is 1. The highest BCUT2D eigenvalue weighted by atomic mass is 19.1. The molecule has 1 saturated carbocycles. The van der Waals surface area contributed by atoms with Crippen molar-refractivity contribution in [2.75, 3.05) is 11.9 Å². The van der Waals surface area contributed by atoms with Crippen molar-refractivity contribution in [3.05, 3.63) is 29.6 Å². The normalized spacial score (nSPS) is 28.9. The van der Waals surface area contributed by atoms with Gasteiger partial charge in [-0.05, 0) is 48.4 Å². The lowest BCUT2D eigenvalue weighted by Gasteiger charge is -2.37. The Labute approximate surface area is 89.7 Å². The van der Waals surface area contributed by atoms with Crippen LogP contribution >= 0.6 is 0 Å². The number of halogens is 1. The van der Waals surface area contributed by atoms with Gasteiger partial charge in [0.05, 0.1) is 0 Å². The SMILES string of the molecule is Fc1ccc2c(c1)C1CCCCC1CN2. The van der Waals surface area contributed by atoms with E-state index in [9.17, 15) is 4.39 Å². The zero-order valence-electron chi connectivity index (χ0n) is 8.80. The summed E-state index contributed by atoms with van der Waals surface area (Å²) < 4.78 is 13.2. The summed E-state index contributed by atoms with van der Waals surface area (Å²) in [6.07, 6.45) is 5.18. The van der Waals surface area contributed by atoms with Gasteiger partial charge in [0.25, 0.3) is 0 Å². The molecule has 0 saturated heterocycles. The van der Waals surface area contributed by atoms with Gasteiger partial charge in [0.1, 0.15) is 5.82 Å². The Hall–Kier alpha value is -1.05. The van der Waals surface area contributed by atoms with Gasteiger partial charge in [0.15, 0.2) is 0 Å². The Morgan fingerprint density at radius 1 is 1.20 bits per heavy atom.